The Labute approximate surface area is 126 Å². The van der Waals surface area contributed by atoms with Gasteiger partial charge in [-0.1, -0.05) is 12.1 Å². The number of anilines is 1. The second-order valence-corrected chi connectivity index (χ2v) is 4.54. The van der Waals surface area contributed by atoms with E-state index in [0.29, 0.717) is 11.3 Å². The quantitative estimate of drug-likeness (QED) is 0.694. The lowest BCUT2D eigenvalue weighted by molar-refractivity contribution is -0.684. The number of aromatic nitrogens is 1. The molecule has 7 nitrogen and oxygen atoms in total. The second-order valence-electron chi connectivity index (χ2n) is 4.54. The molecule has 3 N–H and O–H groups in total. The van der Waals surface area contributed by atoms with Gasteiger partial charge in [0.25, 0.3) is 11.8 Å². The molecule has 0 spiro atoms. The maximum absolute atomic E-state index is 11.9. The fourth-order valence-electron chi connectivity index (χ4n) is 1.82. The number of nitrogens with one attached hydrogen (secondary N) is 1. The Bertz CT molecular complexity index is 726. The van der Waals surface area contributed by atoms with Crippen LogP contribution < -0.4 is 20.7 Å². The number of rotatable bonds is 5. The van der Waals surface area contributed by atoms with E-state index in [2.05, 4.69) is 5.32 Å². The summed E-state index contributed by atoms with van der Waals surface area (Å²) in [6.45, 7) is -0.0106. The Morgan fingerprint density at radius 1 is 1.09 bits per heavy atom. The number of carboxylic acid groups (broad SMARTS) is 1. The number of carbonyl (C=O) groups excluding carboxylic acids is 3. The first kappa shape index (κ1) is 15.2. The molecule has 0 atom stereocenters. The van der Waals surface area contributed by atoms with Gasteiger partial charge in [0, 0.05) is 11.8 Å². The van der Waals surface area contributed by atoms with Crippen LogP contribution in [0.15, 0.2) is 48.8 Å². The average molecular weight is 299 g/mol. The minimum Gasteiger partial charge on any atom is -0.545 e. The van der Waals surface area contributed by atoms with E-state index in [9.17, 15) is 19.5 Å². The molecule has 0 fully saturated rings. The highest BCUT2D eigenvalue weighted by Crippen LogP contribution is 2.08. The summed E-state index contributed by atoms with van der Waals surface area (Å²) < 4.78 is 1.52. The lowest BCUT2D eigenvalue weighted by Crippen LogP contribution is -2.40. The van der Waals surface area contributed by atoms with E-state index >= 15 is 0 Å². The van der Waals surface area contributed by atoms with Crippen molar-refractivity contribution in [2.24, 2.45) is 5.73 Å². The molecule has 1 aromatic heterocycles. The third kappa shape index (κ3) is 3.89. The fourth-order valence-corrected chi connectivity index (χ4v) is 1.82. The lowest BCUT2D eigenvalue weighted by Gasteiger charge is -2.06. The number of hydrogen-bond acceptors (Lipinski definition) is 4. The minimum atomic E-state index is -1.28. The van der Waals surface area contributed by atoms with Gasteiger partial charge in [-0.05, 0) is 23.8 Å². The number of hydrogen-bond donors (Lipinski definition) is 2. The first-order valence-corrected chi connectivity index (χ1v) is 6.36. The first-order valence-electron chi connectivity index (χ1n) is 6.36. The summed E-state index contributed by atoms with van der Waals surface area (Å²) in [4.78, 5) is 33.6. The molecule has 22 heavy (non-hydrogen) atoms. The van der Waals surface area contributed by atoms with Crippen molar-refractivity contribution in [2.45, 2.75) is 6.54 Å². The minimum absolute atomic E-state index is 0.0106. The topological polar surface area (TPSA) is 116 Å². The number of carboxylic acids is 1. The number of carbonyl (C=O) groups is 3. The predicted octanol–water partition coefficient (Wildman–Crippen LogP) is -0.925. The van der Waals surface area contributed by atoms with E-state index in [1.807, 2.05) is 0 Å². The number of benzene rings is 1. The van der Waals surface area contributed by atoms with Crippen LogP contribution in [-0.2, 0) is 11.3 Å². The van der Waals surface area contributed by atoms with Gasteiger partial charge in [-0.15, -0.1) is 0 Å². The van der Waals surface area contributed by atoms with E-state index in [0.717, 1.165) is 0 Å². The number of nitrogens with two attached hydrogens (primary N) is 1. The van der Waals surface area contributed by atoms with Gasteiger partial charge < -0.3 is 21.0 Å². The zero-order valence-electron chi connectivity index (χ0n) is 11.5. The van der Waals surface area contributed by atoms with Crippen molar-refractivity contribution in [3.05, 3.63) is 59.9 Å². The molecule has 2 aromatic rings. The summed E-state index contributed by atoms with van der Waals surface area (Å²) in [5.74, 6) is -2.18. The summed E-state index contributed by atoms with van der Waals surface area (Å²) in [5.41, 5.74) is 5.96. The SMILES string of the molecule is NC(=O)c1ccc[n+](CC(=O)Nc2ccc(C(=O)[O-])cc2)c1. The third-order valence-corrected chi connectivity index (χ3v) is 2.87. The van der Waals surface area contributed by atoms with Crippen molar-refractivity contribution in [2.75, 3.05) is 5.32 Å². The van der Waals surface area contributed by atoms with E-state index in [1.54, 1.807) is 18.3 Å². The summed E-state index contributed by atoms with van der Waals surface area (Å²) in [5, 5.41) is 13.2. The zero-order valence-corrected chi connectivity index (χ0v) is 11.5. The summed E-state index contributed by atoms with van der Waals surface area (Å²) >= 11 is 0. The molecule has 2 amide bonds. The molecular formula is C15H13N3O4. The van der Waals surface area contributed by atoms with Crippen molar-refractivity contribution in [3.8, 4) is 0 Å². The van der Waals surface area contributed by atoms with E-state index in [4.69, 9.17) is 5.73 Å². The van der Waals surface area contributed by atoms with Crippen LogP contribution >= 0.6 is 0 Å². The Morgan fingerprint density at radius 2 is 1.77 bits per heavy atom. The van der Waals surface area contributed by atoms with E-state index < -0.39 is 11.9 Å². The van der Waals surface area contributed by atoms with Crippen molar-refractivity contribution in [1.82, 2.24) is 0 Å². The molecule has 1 heterocycles. The molecule has 1 aromatic carbocycles. The van der Waals surface area contributed by atoms with Crippen LogP contribution in [-0.4, -0.2) is 17.8 Å². The molecule has 112 valence electrons. The Hall–Kier alpha value is -3.22. The highest BCUT2D eigenvalue weighted by Gasteiger charge is 2.12. The molecule has 0 unspecified atom stereocenters. The molecule has 2 rings (SSSR count). The van der Waals surface area contributed by atoms with Crippen molar-refractivity contribution >= 4 is 23.5 Å². The van der Waals surface area contributed by atoms with Crippen LogP contribution in [0.5, 0.6) is 0 Å². The molecule has 0 aliphatic carbocycles. The lowest BCUT2D eigenvalue weighted by atomic mass is 10.2. The van der Waals surface area contributed by atoms with Gasteiger partial charge in [0.2, 0.25) is 6.54 Å². The number of primary amides is 1. The van der Waals surface area contributed by atoms with Crippen molar-refractivity contribution < 1.29 is 24.1 Å². The van der Waals surface area contributed by atoms with Gasteiger partial charge in [0.05, 0.1) is 5.97 Å². The van der Waals surface area contributed by atoms with Gasteiger partial charge in [0.1, 0.15) is 5.56 Å². The fraction of sp³-hybridized carbons (Fsp3) is 0.0667. The monoisotopic (exact) mass is 299 g/mol. The van der Waals surface area contributed by atoms with Crippen molar-refractivity contribution in [3.63, 3.8) is 0 Å². The largest absolute Gasteiger partial charge is 0.545 e. The number of pyridine rings is 1. The summed E-state index contributed by atoms with van der Waals surface area (Å²) in [6, 6.07) is 8.77. The van der Waals surface area contributed by atoms with Gasteiger partial charge in [-0.25, -0.2) is 0 Å². The zero-order chi connectivity index (χ0) is 16.1. The van der Waals surface area contributed by atoms with Crippen LogP contribution in [0.3, 0.4) is 0 Å². The van der Waals surface area contributed by atoms with Crippen LogP contribution in [0.2, 0.25) is 0 Å². The number of nitrogens with zero attached hydrogens (tertiary/aromatic N) is 1. The van der Waals surface area contributed by atoms with Crippen LogP contribution in [0.1, 0.15) is 20.7 Å². The molecule has 0 aliphatic rings. The number of aromatic carboxylic acids is 1. The first-order chi connectivity index (χ1) is 10.5. The number of amides is 2. The molecule has 7 heteroatoms. The van der Waals surface area contributed by atoms with E-state index in [1.165, 1.54) is 35.0 Å². The Morgan fingerprint density at radius 3 is 2.36 bits per heavy atom. The second kappa shape index (κ2) is 6.49. The van der Waals surface area contributed by atoms with Crippen LogP contribution in [0.4, 0.5) is 5.69 Å². The van der Waals surface area contributed by atoms with Crippen LogP contribution in [0, 0.1) is 0 Å². The van der Waals surface area contributed by atoms with Gasteiger partial charge in [-0.2, -0.15) is 4.57 Å². The van der Waals surface area contributed by atoms with Gasteiger partial charge in [-0.3, -0.25) is 9.59 Å². The molecule has 0 radical (unpaired) electrons. The average Bonchev–Trinajstić information content (AvgIpc) is 2.47. The molecule has 0 saturated carbocycles. The normalized spacial score (nSPS) is 10.0. The van der Waals surface area contributed by atoms with E-state index in [-0.39, 0.29) is 18.0 Å². The molecule has 0 bridgehead atoms. The molecule has 0 saturated heterocycles. The summed E-state index contributed by atoms with van der Waals surface area (Å²) in [6.07, 6.45) is 3.10. The van der Waals surface area contributed by atoms with Gasteiger partial charge in [0.15, 0.2) is 12.4 Å². The molecular weight excluding hydrogens is 286 g/mol. The highest BCUT2D eigenvalue weighted by atomic mass is 16.4. The van der Waals surface area contributed by atoms with Crippen LogP contribution in [0.25, 0.3) is 0 Å². The Kier molecular flexibility index (Phi) is 4.47. The maximum Gasteiger partial charge on any atom is 0.290 e. The smallest absolute Gasteiger partial charge is 0.290 e. The molecule has 0 aliphatic heterocycles. The van der Waals surface area contributed by atoms with Gasteiger partial charge >= 0.3 is 0 Å². The standard InChI is InChI=1S/C15H13N3O4/c16-14(20)11-2-1-7-18(8-11)9-13(19)17-12-5-3-10(4-6-12)15(21)22/h1-8H,9H2,(H3-,16,17,19,20,21,22). The summed E-state index contributed by atoms with van der Waals surface area (Å²) in [7, 11) is 0. The predicted molar refractivity (Wildman–Crippen MR) is 74.6 cm³/mol. The van der Waals surface area contributed by atoms with Crippen molar-refractivity contribution in [1.29, 1.82) is 0 Å². The highest BCUT2D eigenvalue weighted by molar-refractivity contribution is 5.92. The Balaban J connectivity index is 2.02. The maximum atomic E-state index is 11.9. The third-order valence-electron chi connectivity index (χ3n) is 2.87.